The highest BCUT2D eigenvalue weighted by molar-refractivity contribution is 5.73. The third-order valence-corrected chi connectivity index (χ3v) is 6.46. The van der Waals surface area contributed by atoms with Crippen LogP contribution in [-0.4, -0.2) is 11.6 Å². The van der Waals surface area contributed by atoms with E-state index in [4.69, 9.17) is 4.74 Å². The van der Waals surface area contributed by atoms with Gasteiger partial charge in [0.05, 0.1) is 6.42 Å². The van der Waals surface area contributed by atoms with E-state index in [2.05, 4.69) is 27.7 Å². The lowest BCUT2D eigenvalue weighted by Gasteiger charge is -2.59. The molecule has 2 heteroatoms. The second-order valence-corrected chi connectivity index (χ2v) is 7.98. The number of rotatable bonds is 0. The molecular weight excluding hydrogens is 224 g/mol. The summed E-state index contributed by atoms with van der Waals surface area (Å²) in [6.07, 6.45) is 6.86. The molecule has 0 N–H and O–H groups in total. The molecular formula is C16H26O2. The molecule has 0 radical (unpaired) electrons. The molecule has 0 bridgehead atoms. The maximum absolute atomic E-state index is 11.8. The zero-order valence-corrected chi connectivity index (χ0v) is 12.2. The molecule has 2 saturated carbocycles. The second-order valence-electron chi connectivity index (χ2n) is 7.98. The van der Waals surface area contributed by atoms with Crippen molar-refractivity contribution in [3.05, 3.63) is 0 Å². The molecule has 3 aliphatic rings. The summed E-state index contributed by atoms with van der Waals surface area (Å²) in [6, 6.07) is 0. The minimum absolute atomic E-state index is 0.0350. The molecule has 4 atom stereocenters. The highest BCUT2D eigenvalue weighted by atomic mass is 16.6. The molecule has 1 heterocycles. The number of esters is 1. The zero-order chi connectivity index (χ0) is 13.2. The van der Waals surface area contributed by atoms with Gasteiger partial charge >= 0.3 is 5.97 Å². The van der Waals surface area contributed by atoms with E-state index in [0.717, 1.165) is 12.3 Å². The van der Waals surface area contributed by atoms with E-state index in [1.54, 1.807) is 0 Å². The smallest absolute Gasteiger partial charge is 0.306 e. The van der Waals surface area contributed by atoms with Gasteiger partial charge in [0.25, 0.3) is 0 Å². The van der Waals surface area contributed by atoms with Gasteiger partial charge in [-0.1, -0.05) is 27.2 Å². The van der Waals surface area contributed by atoms with Crippen molar-refractivity contribution in [3.63, 3.8) is 0 Å². The SMILES string of the molecule is CC1(C)CCC[C@@]2(C)C1CC[C@]1(C)OC(=O)C[C@H]21. The Morgan fingerprint density at radius 2 is 1.78 bits per heavy atom. The van der Waals surface area contributed by atoms with Crippen molar-refractivity contribution in [2.75, 3.05) is 0 Å². The van der Waals surface area contributed by atoms with Crippen LogP contribution in [0.2, 0.25) is 0 Å². The van der Waals surface area contributed by atoms with Crippen LogP contribution >= 0.6 is 0 Å². The minimum Gasteiger partial charge on any atom is -0.459 e. The first-order chi connectivity index (χ1) is 8.28. The number of fused-ring (bicyclic) bond motifs is 3. The standard InChI is InChI=1S/C16H26O2/c1-14(2)7-5-8-15(3)11(14)6-9-16(4)12(15)10-13(17)18-16/h11-12H,5-10H2,1-4H3/t11?,12-,15+,16+/m1/s1. The summed E-state index contributed by atoms with van der Waals surface area (Å²) >= 11 is 0. The van der Waals surface area contributed by atoms with Gasteiger partial charge in [-0.15, -0.1) is 0 Å². The van der Waals surface area contributed by atoms with Crippen molar-refractivity contribution < 1.29 is 9.53 Å². The Labute approximate surface area is 110 Å². The van der Waals surface area contributed by atoms with Crippen LogP contribution in [-0.2, 0) is 9.53 Å². The third kappa shape index (κ3) is 1.50. The normalized spacial score (nSPS) is 50.3. The number of carbonyl (C=O) groups excluding carboxylic acids is 1. The summed E-state index contributed by atoms with van der Waals surface area (Å²) in [6.45, 7) is 9.46. The van der Waals surface area contributed by atoms with Crippen molar-refractivity contribution in [3.8, 4) is 0 Å². The highest BCUT2D eigenvalue weighted by Crippen LogP contribution is 2.64. The van der Waals surface area contributed by atoms with Crippen molar-refractivity contribution in [2.45, 2.75) is 71.8 Å². The summed E-state index contributed by atoms with van der Waals surface area (Å²) in [5.74, 6) is 1.23. The van der Waals surface area contributed by atoms with E-state index in [9.17, 15) is 4.79 Å². The average molecular weight is 250 g/mol. The molecule has 3 fully saturated rings. The van der Waals surface area contributed by atoms with Crippen LogP contribution in [0.25, 0.3) is 0 Å². The van der Waals surface area contributed by atoms with E-state index >= 15 is 0 Å². The zero-order valence-electron chi connectivity index (χ0n) is 12.2. The lowest BCUT2D eigenvalue weighted by Crippen LogP contribution is -2.55. The topological polar surface area (TPSA) is 26.3 Å². The number of ether oxygens (including phenoxy) is 1. The average Bonchev–Trinajstić information content (AvgIpc) is 2.53. The summed E-state index contributed by atoms with van der Waals surface area (Å²) in [5.41, 5.74) is 0.566. The van der Waals surface area contributed by atoms with Crippen LogP contribution in [0.5, 0.6) is 0 Å². The van der Waals surface area contributed by atoms with Crippen LogP contribution in [0.1, 0.15) is 66.2 Å². The van der Waals surface area contributed by atoms with Gasteiger partial charge in [0, 0.05) is 5.92 Å². The summed E-state index contributed by atoms with van der Waals surface area (Å²) in [4.78, 5) is 11.8. The first-order valence-electron chi connectivity index (χ1n) is 7.50. The highest BCUT2D eigenvalue weighted by Gasteiger charge is 2.62. The Kier molecular flexibility index (Phi) is 2.44. The Balaban J connectivity index is 2.00. The van der Waals surface area contributed by atoms with E-state index in [1.165, 1.54) is 25.7 Å². The first-order valence-corrected chi connectivity index (χ1v) is 7.50. The fraction of sp³-hybridized carbons (Fsp3) is 0.938. The Morgan fingerprint density at radius 3 is 2.50 bits per heavy atom. The molecule has 0 amide bonds. The van der Waals surface area contributed by atoms with Crippen LogP contribution in [0, 0.1) is 22.7 Å². The van der Waals surface area contributed by atoms with E-state index in [0.29, 0.717) is 23.2 Å². The van der Waals surface area contributed by atoms with Gasteiger partial charge in [-0.3, -0.25) is 4.79 Å². The van der Waals surface area contributed by atoms with Crippen molar-refractivity contribution in [1.82, 2.24) is 0 Å². The molecule has 1 unspecified atom stereocenters. The summed E-state index contributed by atoms with van der Waals surface area (Å²) < 4.78 is 5.70. The van der Waals surface area contributed by atoms with Gasteiger partial charge in [0.15, 0.2) is 0 Å². The molecule has 102 valence electrons. The van der Waals surface area contributed by atoms with Crippen molar-refractivity contribution in [2.24, 2.45) is 22.7 Å². The van der Waals surface area contributed by atoms with E-state index in [-0.39, 0.29) is 11.6 Å². The van der Waals surface area contributed by atoms with E-state index < -0.39 is 0 Å². The predicted octanol–water partition coefficient (Wildman–Crippen LogP) is 3.93. The molecule has 1 saturated heterocycles. The molecule has 0 aromatic heterocycles. The molecule has 0 aromatic carbocycles. The van der Waals surface area contributed by atoms with Crippen molar-refractivity contribution in [1.29, 1.82) is 0 Å². The third-order valence-electron chi connectivity index (χ3n) is 6.46. The molecule has 1 aliphatic heterocycles. The second kappa shape index (κ2) is 3.52. The van der Waals surface area contributed by atoms with Gasteiger partial charge in [-0.2, -0.15) is 0 Å². The number of hydrogen-bond donors (Lipinski definition) is 0. The molecule has 18 heavy (non-hydrogen) atoms. The van der Waals surface area contributed by atoms with Crippen LogP contribution in [0.4, 0.5) is 0 Å². The first kappa shape index (κ1) is 12.5. The quantitative estimate of drug-likeness (QED) is 0.609. The monoisotopic (exact) mass is 250 g/mol. The molecule has 3 rings (SSSR count). The van der Waals surface area contributed by atoms with E-state index in [1.807, 2.05) is 0 Å². The number of carbonyl (C=O) groups is 1. The minimum atomic E-state index is -0.171. The van der Waals surface area contributed by atoms with Crippen LogP contribution < -0.4 is 0 Å². The lowest BCUT2D eigenvalue weighted by molar-refractivity contribution is -0.164. The fourth-order valence-electron chi connectivity index (χ4n) is 5.65. The van der Waals surface area contributed by atoms with Crippen LogP contribution in [0.3, 0.4) is 0 Å². The predicted molar refractivity (Wildman–Crippen MR) is 71.1 cm³/mol. The molecule has 2 nitrogen and oxygen atoms in total. The lowest BCUT2D eigenvalue weighted by atomic mass is 9.45. The number of hydrogen-bond acceptors (Lipinski definition) is 2. The van der Waals surface area contributed by atoms with Gasteiger partial charge in [0.1, 0.15) is 5.60 Å². The Hall–Kier alpha value is -0.530. The van der Waals surface area contributed by atoms with Gasteiger partial charge in [0.2, 0.25) is 0 Å². The molecule has 0 aromatic rings. The Morgan fingerprint density at radius 1 is 1.06 bits per heavy atom. The maximum Gasteiger partial charge on any atom is 0.306 e. The van der Waals surface area contributed by atoms with Gasteiger partial charge in [-0.25, -0.2) is 0 Å². The molecule has 0 spiro atoms. The van der Waals surface area contributed by atoms with Crippen molar-refractivity contribution >= 4 is 5.97 Å². The summed E-state index contributed by atoms with van der Waals surface area (Å²) in [5, 5.41) is 0. The molecule has 2 aliphatic carbocycles. The fourth-order valence-corrected chi connectivity index (χ4v) is 5.65. The summed E-state index contributed by atoms with van der Waals surface area (Å²) in [7, 11) is 0. The van der Waals surface area contributed by atoms with Crippen LogP contribution in [0.15, 0.2) is 0 Å². The van der Waals surface area contributed by atoms with Gasteiger partial charge < -0.3 is 4.74 Å². The maximum atomic E-state index is 11.8. The largest absolute Gasteiger partial charge is 0.459 e. The van der Waals surface area contributed by atoms with Gasteiger partial charge in [-0.05, 0) is 49.4 Å². The Bertz CT molecular complexity index is 387.